The predicted molar refractivity (Wildman–Crippen MR) is 104 cm³/mol. The highest BCUT2D eigenvalue weighted by atomic mass is 32.1. The first-order valence-corrected chi connectivity index (χ1v) is 9.37. The van der Waals surface area contributed by atoms with Gasteiger partial charge in [0.2, 0.25) is 5.91 Å². The first-order valence-electron chi connectivity index (χ1n) is 8.49. The fourth-order valence-corrected chi connectivity index (χ4v) is 4.57. The molecule has 1 aliphatic heterocycles. The van der Waals surface area contributed by atoms with Gasteiger partial charge in [-0.05, 0) is 35.4 Å². The molecule has 1 amide bonds. The van der Waals surface area contributed by atoms with Gasteiger partial charge in [-0.1, -0.05) is 18.2 Å². The second-order valence-corrected chi connectivity index (χ2v) is 7.23. The van der Waals surface area contributed by atoms with Crippen molar-refractivity contribution in [3.63, 3.8) is 0 Å². The van der Waals surface area contributed by atoms with Gasteiger partial charge in [-0.25, -0.2) is 4.39 Å². The van der Waals surface area contributed by atoms with Gasteiger partial charge in [0.1, 0.15) is 5.82 Å². The van der Waals surface area contributed by atoms with Gasteiger partial charge in [-0.3, -0.25) is 4.79 Å². The summed E-state index contributed by atoms with van der Waals surface area (Å²) in [4.78, 5) is 13.5. The monoisotopic (exact) mass is 383 g/mol. The van der Waals surface area contributed by atoms with E-state index >= 15 is 0 Å². The van der Waals surface area contributed by atoms with Crippen molar-refractivity contribution in [1.29, 1.82) is 0 Å². The van der Waals surface area contributed by atoms with E-state index in [2.05, 4.69) is 5.32 Å². The lowest BCUT2D eigenvalue weighted by molar-refractivity contribution is -0.116. The molecule has 4 nitrogen and oxygen atoms in total. The summed E-state index contributed by atoms with van der Waals surface area (Å²) in [5.41, 5.74) is 3.59. The molecule has 138 valence electrons. The van der Waals surface area contributed by atoms with Crippen LogP contribution in [0, 0.1) is 5.82 Å². The van der Waals surface area contributed by atoms with E-state index in [0.29, 0.717) is 17.9 Å². The van der Waals surface area contributed by atoms with Crippen molar-refractivity contribution in [2.75, 3.05) is 19.5 Å². The molecule has 2 aromatic carbocycles. The second-order valence-electron chi connectivity index (χ2n) is 6.31. The van der Waals surface area contributed by atoms with Gasteiger partial charge < -0.3 is 14.8 Å². The van der Waals surface area contributed by atoms with Crippen LogP contribution in [0.5, 0.6) is 11.5 Å². The Labute approximate surface area is 160 Å². The standard InChI is InChI=1S/C21H18FNO3S/c1-25-17-8-5-13(9-18(17)26-2)15-10-19(24)23-20-16(11-27-21(15)20)12-3-6-14(22)7-4-12/h3-9,11,15H,10H2,1-2H3,(H,23,24)/t15-/m1/s1. The summed E-state index contributed by atoms with van der Waals surface area (Å²) in [7, 11) is 3.19. The molecular weight excluding hydrogens is 365 g/mol. The predicted octanol–water partition coefficient (Wildman–Crippen LogP) is 5.05. The molecule has 1 aliphatic rings. The van der Waals surface area contributed by atoms with Crippen molar-refractivity contribution in [1.82, 2.24) is 0 Å². The molecule has 0 unspecified atom stereocenters. The minimum Gasteiger partial charge on any atom is -0.493 e. The third-order valence-electron chi connectivity index (χ3n) is 4.76. The Morgan fingerprint density at radius 2 is 1.81 bits per heavy atom. The molecule has 0 spiro atoms. The highest BCUT2D eigenvalue weighted by Crippen LogP contribution is 2.47. The van der Waals surface area contributed by atoms with E-state index < -0.39 is 0 Å². The maximum atomic E-state index is 13.3. The lowest BCUT2D eigenvalue weighted by Gasteiger charge is -2.24. The number of hydrogen-bond donors (Lipinski definition) is 1. The summed E-state index contributed by atoms with van der Waals surface area (Å²) >= 11 is 1.60. The zero-order chi connectivity index (χ0) is 19.0. The summed E-state index contributed by atoms with van der Waals surface area (Å²) in [5, 5.41) is 5.01. The molecule has 27 heavy (non-hydrogen) atoms. The third kappa shape index (κ3) is 3.17. The summed E-state index contributed by atoms with van der Waals surface area (Å²) < 4.78 is 24.0. The number of hydrogen-bond acceptors (Lipinski definition) is 4. The molecule has 0 fully saturated rings. The van der Waals surface area contributed by atoms with E-state index in [1.54, 1.807) is 37.7 Å². The Morgan fingerprint density at radius 3 is 2.52 bits per heavy atom. The summed E-state index contributed by atoms with van der Waals surface area (Å²) in [6.45, 7) is 0. The van der Waals surface area contributed by atoms with Crippen molar-refractivity contribution < 1.29 is 18.7 Å². The van der Waals surface area contributed by atoms with Crippen LogP contribution in [0.25, 0.3) is 11.1 Å². The van der Waals surface area contributed by atoms with Gasteiger partial charge in [-0.15, -0.1) is 11.3 Å². The average Bonchev–Trinajstić information content (AvgIpc) is 3.11. The smallest absolute Gasteiger partial charge is 0.225 e. The molecule has 0 bridgehead atoms. The first kappa shape index (κ1) is 17.5. The Balaban J connectivity index is 1.78. The van der Waals surface area contributed by atoms with E-state index in [0.717, 1.165) is 27.3 Å². The Kier molecular flexibility index (Phi) is 4.58. The molecule has 1 atom stereocenters. The third-order valence-corrected chi connectivity index (χ3v) is 5.85. The number of anilines is 1. The number of carbonyl (C=O) groups is 1. The van der Waals surface area contributed by atoms with Gasteiger partial charge in [0.15, 0.2) is 11.5 Å². The molecule has 6 heteroatoms. The fraction of sp³-hybridized carbons (Fsp3) is 0.190. The molecule has 0 aliphatic carbocycles. The van der Waals surface area contributed by atoms with Crippen LogP contribution in [0.1, 0.15) is 22.8 Å². The van der Waals surface area contributed by atoms with E-state index in [9.17, 15) is 9.18 Å². The van der Waals surface area contributed by atoms with Crippen molar-refractivity contribution in [2.24, 2.45) is 0 Å². The number of methoxy groups -OCH3 is 2. The maximum absolute atomic E-state index is 13.3. The fourth-order valence-electron chi connectivity index (χ4n) is 3.41. The van der Waals surface area contributed by atoms with Crippen LogP contribution in [0.3, 0.4) is 0 Å². The van der Waals surface area contributed by atoms with Gasteiger partial charge in [0.25, 0.3) is 0 Å². The van der Waals surface area contributed by atoms with Crippen LogP contribution < -0.4 is 14.8 Å². The second kappa shape index (κ2) is 7.04. The van der Waals surface area contributed by atoms with Crippen LogP contribution in [0.2, 0.25) is 0 Å². The number of benzene rings is 2. The van der Waals surface area contributed by atoms with Crippen LogP contribution in [-0.4, -0.2) is 20.1 Å². The van der Waals surface area contributed by atoms with Crippen LogP contribution in [0.4, 0.5) is 10.1 Å². The zero-order valence-corrected chi connectivity index (χ0v) is 15.7. The molecule has 0 radical (unpaired) electrons. The van der Waals surface area contributed by atoms with Crippen LogP contribution >= 0.6 is 11.3 Å². The van der Waals surface area contributed by atoms with Gasteiger partial charge in [0, 0.05) is 28.2 Å². The first-order chi connectivity index (χ1) is 13.1. The molecular formula is C21H18FNO3S. The molecule has 0 saturated carbocycles. The number of fused-ring (bicyclic) bond motifs is 1. The quantitative estimate of drug-likeness (QED) is 0.686. The molecule has 4 rings (SSSR count). The summed E-state index contributed by atoms with van der Waals surface area (Å²) in [5.74, 6) is 0.907. The van der Waals surface area contributed by atoms with E-state index in [-0.39, 0.29) is 17.6 Å². The van der Waals surface area contributed by atoms with Crippen molar-refractivity contribution in [3.8, 4) is 22.6 Å². The van der Waals surface area contributed by atoms with Crippen molar-refractivity contribution in [2.45, 2.75) is 12.3 Å². The Morgan fingerprint density at radius 1 is 1.07 bits per heavy atom. The SMILES string of the molecule is COc1ccc([C@H]2CC(=O)Nc3c(-c4ccc(F)cc4)csc32)cc1OC. The average molecular weight is 383 g/mol. The van der Waals surface area contributed by atoms with Crippen LogP contribution in [0.15, 0.2) is 47.8 Å². The number of nitrogens with one attached hydrogen (secondary N) is 1. The zero-order valence-electron chi connectivity index (χ0n) is 14.9. The van der Waals surface area contributed by atoms with E-state index in [1.807, 2.05) is 23.6 Å². The minimum absolute atomic E-state index is 0.0379. The molecule has 1 aromatic heterocycles. The maximum Gasteiger partial charge on any atom is 0.225 e. The van der Waals surface area contributed by atoms with Gasteiger partial charge >= 0.3 is 0 Å². The highest BCUT2D eigenvalue weighted by Gasteiger charge is 2.31. The van der Waals surface area contributed by atoms with E-state index in [4.69, 9.17) is 9.47 Å². The normalized spacial score (nSPS) is 15.8. The summed E-state index contributed by atoms with van der Waals surface area (Å²) in [6.07, 6.45) is 0.367. The minimum atomic E-state index is -0.282. The topological polar surface area (TPSA) is 47.6 Å². The van der Waals surface area contributed by atoms with Crippen LogP contribution in [-0.2, 0) is 4.79 Å². The summed E-state index contributed by atoms with van der Waals surface area (Å²) in [6, 6.07) is 12.0. The number of rotatable bonds is 4. The van der Waals surface area contributed by atoms with E-state index in [1.165, 1.54) is 12.1 Å². The number of thiophene rings is 1. The molecule has 2 heterocycles. The lowest BCUT2D eigenvalue weighted by atomic mass is 9.89. The molecule has 1 N–H and O–H groups in total. The van der Waals surface area contributed by atoms with Gasteiger partial charge in [0.05, 0.1) is 19.9 Å². The molecule has 3 aromatic rings. The Bertz CT molecular complexity index is 997. The largest absolute Gasteiger partial charge is 0.493 e. The van der Waals surface area contributed by atoms with Gasteiger partial charge in [-0.2, -0.15) is 0 Å². The van der Waals surface area contributed by atoms with Crippen molar-refractivity contribution >= 4 is 22.9 Å². The molecule has 0 saturated heterocycles. The highest BCUT2D eigenvalue weighted by molar-refractivity contribution is 7.11. The number of carbonyl (C=O) groups excluding carboxylic acids is 1. The number of ether oxygens (including phenoxy) is 2. The number of amides is 1. The number of halogens is 1. The lowest BCUT2D eigenvalue weighted by Crippen LogP contribution is -2.22. The van der Waals surface area contributed by atoms with Crippen molar-refractivity contribution in [3.05, 3.63) is 64.1 Å². The Hall–Kier alpha value is -2.86.